The van der Waals surface area contributed by atoms with Gasteiger partial charge >= 0.3 is 11.9 Å². The molecule has 446 valence electrons. The Hall–Kier alpha value is -7.63. The first-order valence-electron chi connectivity index (χ1n) is 27.8. The highest BCUT2D eigenvalue weighted by molar-refractivity contribution is 5.99. The molecule has 0 radical (unpaired) electrons. The van der Waals surface area contributed by atoms with Crippen LogP contribution in [0, 0.1) is 11.8 Å². The minimum atomic E-state index is -1.93. The molecule has 0 saturated carbocycles. The van der Waals surface area contributed by atoms with Crippen LogP contribution in [0.4, 0.5) is 0 Å². The first kappa shape index (κ1) is 65.9. The van der Waals surface area contributed by atoms with Gasteiger partial charge in [0.15, 0.2) is 0 Å². The highest BCUT2D eigenvalue weighted by Gasteiger charge is 2.46. The SMILES string of the molecule is CCCC(=O)N[C@@H](C)C(=O)N[C@@H](C(=O)NC1C(=O)N[C@@H](CC(C)C)C(=O)N[C@H]2CC[C@@H](O)N(C2=O)C(Cc2ccccc2)C(=O)N(C)C(Cc2ccc(O)cc2)C(=O)NC(C(C)C)C(=O)O[C@H]1C)[C@@H](C)OC(=O)[C@H](C)NC(=O)CCC. The van der Waals surface area contributed by atoms with Crippen LogP contribution in [0.1, 0.15) is 125 Å². The van der Waals surface area contributed by atoms with Gasteiger partial charge in [-0.2, -0.15) is 0 Å². The van der Waals surface area contributed by atoms with E-state index >= 15 is 4.79 Å². The van der Waals surface area contributed by atoms with Crippen LogP contribution >= 0.6 is 0 Å². The number of hydrogen-bond donors (Lipinski definition) is 9. The number of hydrogen-bond acceptors (Lipinski definition) is 15. The molecule has 24 heteroatoms. The van der Waals surface area contributed by atoms with Crippen molar-refractivity contribution < 1.29 is 72.4 Å². The molecule has 4 rings (SSSR count). The van der Waals surface area contributed by atoms with Gasteiger partial charge in [0.05, 0.1) is 0 Å². The number of amides is 9. The van der Waals surface area contributed by atoms with Crippen molar-refractivity contribution in [1.29, 1.82) is 0 Å². The molecule has 2 aliphatic heterocycles. The highest BCUT2D eigenvalue weighted by Crippen LogP contribution is 2.26. The normalized spacial score (nSPS) is 23.9. The largest absolute Gasteiger partial charge is 0.508 e. The molecule has 4 unspecified atom stereocenters. The van der Waals surface area contributed by atoms with Gasteiger partial charge in [0.25, 0.3) is 0 Å². The Morgan fingerprint density at radius 3 is 1.86 bits per heavy atom. The van der Waals surface area contributed by atoms with E-state index in [-0.39, 0.29) is 56.6 Å². The van der Waals surface area contributed by atoms with Crippen LogP contribution in [-0.2, 0) is 75.1 Å². The van der Waals surface area contributed by atoms with Crippen molar-refractivity contribution >= 4 is 65.1 Å². The molecule has 2 aromatic rings. The van der Waals surface area contributed by atoms with E-state index < -0.39 is 144 Å². The number of nitrogens with one attached hydrogen (secondary N) is 7. The van der Waals surface area contributed by atoms with Gasteiger partial charge in [-0.25, -0.2) is 9.59 Å². The molecule has 81 heavy (non-hydrogen) atoms. The molecule has 2 heterocycles. The van der Waals surface area contributed by atoms with Gasteiger partial charge in [0.1, 0.15) is 78.6 Å². The van der Waals surface area contributed by atoms with E-state index in [1.807, 2.05) is 0 Å². The summed E-state index contributed by atoms with van der Waals surface area (Å²) in [5.74, 6) is -10.7. The number of phenols is 1. The topological polar surface area (TPSA) is 337 Å². The van der Waals surface area contributed by atoms with E-state index in [0.29, 0.717) is 24.0 Å². The smallest absolute Gasteiger partial charge is 0.329 e. The number of carbonyl (C=O) groups is 11. The van der Waals surface area contributed by atoms with Crippen LogP contribution < -0.4 is 37.2 Å². The lowest BCUT2D eigenvalue weighted by Crippen LogP contribution is -2.65. The van der Waals surface area contributed by atoms with Crippen molar-refractivity contribution in [1.82, 2.24) is 47.0 Å². The summed E-state index contributed by atoms with van der Waals surface area (Å²) in [7, 11) is 1.34. The van der Waals surface area contributed by atoms with Crippen LogP contribution in [0.3, 0.4) is 0 Å². The number of aromatic hydroxyl groups is 1. The van der Waals surface area contributed by atoms with Crippen LogP contribution in [0.5, 0.6) is 5.75 Å². The first-order valence-corrected chi connectivity index (χ1v) is 27.8. The minimum Gasteiger partial charge on any atom is -0.508 e. The van der Waals surface area contributed by atoms with Crippen molar-refractivity contribution in [3.05, 3.63) is 65.7 Å². The summed E-state index contributed by atoms with van der Waals surface area (Å²) < 4.78 is 11.6. The number of fused-ring (bicyclic) bond motifs is 2. The molecule has 0 aromatic heterocycles. The zero-order valence-corrected chi connectivity index (χ0v) is 48.2. The number of ether oxygens (including phenoxy) is 2. The number of carbonyl (C=O) groups excluding carboxylic acids is 11. The highest BCUT2D eigenvalue weighted by atomic mass is 16.6. The van der Waals surface area contributed by atoms with Crippen molar-refractivity contribution in [3.8, 4) is 5.75 Å². The van der Waals surface area contributed by atoms with Gasteiger partial charge < -0.3 is 66.7 Å². The zero-order chi connectivity index (χ0) is 60.4. The van der Waals surface area contributed by atoms with Crippen LogP contribution in [-0.4, -0.2) is 165 Å². The number of phenolic OH excluding ortho intramolecular Hbond substituents is 1. The molecule has 9 amide bonds. The predicted molar refractivity (Wildman–Crippen MR) is 294 cm³/mol. The summed E-state index contributed by atoms with van der Waals surface area (Å²) in [6, 6.07) is 1.05. The Balaban J connectivity index is 1.88. The lowest BCUT2D eigenvalue weighted by molar-refractivity contribution is -0.165. The minimum absolute atomic E-state index is 0.0519. The number of aliphatic hydroxyl groups excluding tert-OH is 1. The summed E-state index contributed by atoms with van der Waals surface area (Å²) in [6.07, 6.45) is -4.23. The average molecular weight is 1130 g/mol. The second kappa shape index (κ2) is 30.8. The van der Waals surface area contributed by atoms with Crippen molar-refractivity contribution in [2.24, 2.45) is 11.8 Å². The number of rotatable bonds is 20. The van der Waals surface area contributed by atoms with Gasteiger partial charge in [-0.3, -0.25) is 43.2 Å². The number of piperidine rings is 1. The quantitative estimate of drug-likeness (QED) is 0.0833. The molecule has 2 aromatic carbocycles. The average Bonchev–Trinajstić information content (AvgIpc) is 3.40. The molecular weight excluding hydrogens is 1050 g/mol. The number of likely N-dealkylation sites (N-methyl/N-ethyl adjacent to an activating group) is 1. The third-order valence-corrected chi connectivity index (χ3v) is 14.0. The molecule has 0 aliphatic carbocycles. The molecule has 2 aliphatic rings. The third-order valence-electron chi connectivity index (χ3n) is 14.0. The van der Waals surface area contributed by atoms with E-state index in [9.17, 15) is 58.2 Å². The molecule has 24 nitrogen and oxygen atoms in total. The fourth-order valence-corrected chi connectivity index (χ4v) is 9.37. The molecule has 2 bridgehead atoms. The number of nitrogens with zero attached hydrogens (tertiary/aromatic N) is 2. The van der Waals surface area contributed by atoms with E-state index in [1.165, 1.54) is 59.0 Å². The fraction of sp³-hybridized carbons (Fsp3) is 0.596. The molecule has 0 spiro atoms. The van der Waals surface area contributed by atoms with E-state index in [2.05, 4.69) is 37.2 Å². The Morgan fingerprint density at radius 1 is 0.704 bits per heavy atom. The summed E-state index contributed by atoms with van der Waals surface area (Å²) in [5, 5.41) is 39.8. The fourth-order valence-electron chi connectivity index (χ4n) is 9.37. The maximum atomic E-state index is 15.2. The maximum Gasteiger partial charge on any atom is 0.329 e. The number of esters is 2. The van der Waals surface area contributed by atoms with Gasteiger partial charge in [0.2, 0.25) is 53.2 Å². The van der Waals surface area contributed by atoms with Gasteiger partial charge in [-0.15, -0.1) is 0 Å². The standard InChI is InChI=1S/C57H83N9O15/c1-12-17-43(68)58-32(7)49(71)63-48(34(9)80-56(78)33(8)59-44(69)18-13-2)53(75)64-47-35(10)81-57(79)46(31(5)6)62-51(73)41(28-37-21-23-38(67)24-22-37)65(11)55(77)42(29-36-19-15-14-16-20-36)66-45(70)26-25-39(54(66)76)60-50(72)40(27-30(3)4)61-52(47)74/h14-16,19-24,30-35,39-42,45-48,67,70H,12-13,17-18,25-29H2,1-11H3,(H,58,68)(H,59,69)(H,60,72)(H,61,74)(H,62,73)(H,63,71)(H,64,75)/t32-,33-,34+,35-,39-,40-,41?,42?,45+,46?,47?,48+/m0/s1. The number of aliphatic hydroxyl groups is 1. The van der Waals surface area contributed by atoms with Gasteiger partial charge in [-0.1, -0.05) is 84.0 Å². The molecule has 2 saturated heterocycles. The first-order chi connectivity index (χ1) is 38.2. The Morgan fingerprint density at radius 2 is 1.28 bits per heavy atom. The Bertz CT molecular complexity index is 2550. The zero-order valence-electron chi connectivity index (χ0n) is 48.2. The molecule has 9 N–H and O–H groups in total. The predicted octanol–water partition coefficient (Wildman–Crippen LogP) is 0.927. The maximum absolute atomic E-state index is 15.2. The Labute approximate surface area is 473 Å². The summed E-state index contributed by atoms with van der Waals surface area (Å²) in [5.41, 5.74) is 1.06. The summed E-state index contributed by atoms with van der Waals surface area (Å²) >= 11 is 0. The van der Waals surface area contributed by atoms with E-state index in [4.69, 9.17) is 9.47 Å². The van der Waals surface area contributed by atoms with E-state index in [0.717, 1.165) is 9.80 Å². The van der Waals surface area contributed by atoms with Crippen molar-refractivity contribution in [2.75, 3.05) is 7.05 Å². The Kier molecular flexibility index (Phi) is 25.1. The summed E-state index contributed by atoms with van der Waals surface area (Å²) in [4.78, 5) is 158. The van der Waals surface area contributed by atoms with Gasteiger partial charge in [0, 0.05) is 32.7 Å². The molecule has 2 fully saturated rings. The molecular formula is C57H83N9O15. The lowest BCUT2D eigenvalue weighted by atomic mass is 9.95. The van der Waals surface area contributed by atoms with Crippen molar-refractivity contribution in [3.63, 3.8) is 0 Å². The third kappa shape index (κ3) is 19.0. The van der Waals surface area contributed by atoms with Crippen LogP contribution in [0.2, 0.25) is 0 Å². The summed E-state index contributed by atoms with van der Waals surface area (Å²) in [6.45, 7) is 15.4. The second-order valence-electron chi connectivity index (χ2n) is 21.7. The molecule has 12 atom stereocenters. The van der Waals surface area contributed by atoms with Crippen LogP contribution in [0.15, 0.2) is 54.6 Å². The second-order valence-corrected chi connectivity index (χ2v) is 21.7. The number of cyclic esters (lactones) is 1. The number of benzene rings is 2. The van der Waals surface area contributed by atoms with Gasteiger partial charge in [-0.05, 0) is 94.9 Å². The lowest BCUT2D eigenvalue weighted by Gasteiger charge is -2.43. The van der Waals surface area contributed by atoms with Crippen LogP contribution in [0.25, 0.3) is 0 Å². The van der Waals surface area contributed by atoms with Crippen molar-refractivity contribution in [2.45, 2.75) is 200 Å². The monoisotopic (exact) mass is 1130 g/mol. The van der Waals surface area contributed by atoms with E-state index in [1.54, 1.807) is 71.9 Å².